The molecular weight excluding hydrogens is 280 g/mol. The van der Waals surface area contributed by atoms with Crippen LogP contribution in [0.4, 0.5) is 0 Å². The number of benzene rings is 2. The first-order valence-corrected chi connectivity index (χ1v) is 8.58. The smallest absolute Gasteiger partial charge is 0.135 e. The van der Waals surface area contributed by atoms with Gasteiger partial charge in [0.1, 0.15) is 11.3 Å². The molecular formula is C22H22O. The SMILES string of the molecule is CCCc1ccc(-c2ccc3oc4c(c3c2)C(C)CC=C4)cc1. The summed E-state index contributed by atoms with van der Waals surface area (Å²) < 4.78 is 6.02. The van der Waals surface area contributed by atoms with E-state index in [0.29, 0.717) is 5.92 Å². The van der Waals surface area contributed by atoms with Crippen LogP contribution in [0.5, 0.6) is 0 Å². The van der Waals surface area contributed by atoms with Gasteiger partial charge in [0.25, 0.3) is 0 Å². The zero-order chi connectivity index (χ0) is 15.8. The topological polar surface area (TPSA) is 13.1 Å². The van der Waals surface area contributed by atoms with Crippen molar-refractivity contribution in [1.82, 2.24) is 0 Å². The minimum absolute atomic E-state index is 0.526. The van der Waals surface area contributed by atoms with Crippen molar-refractivity contribution in [2.24, 2.45) is 0 Å². The van der Waals surface area contributed by atoms with Crippen LogP contribution in [0.25, 0.3) is 28.2 Å². The molecule has 0 amide bonds. The van der Waals surface area contributed by atoms with Crippen LogP contribution in [-0.4, -0.2) is 0 Å². The number of hydrogen-bond acceptors (Lipinski definition) is 1. The molecule has 2 aromatic carbocycles. The van der Waals surface area contributed by atoms with Crippen molar-refractivity contribution >= 4 is 17.0 Å². The molecule has 1 heteroatoms. The summed E-state index contributed by atoms with van der Waals surface area (Å²) in [6.45, 7) is 4.50. The molecule has 0 bridgehead atoms. The van der Waals surface area contributed by atoms with Crippen LogP contribution in [0.2, 0.25) is 0 Å². The van der Waals surface area contributed by atoms with Gasteiger partial charge < -0.3 is 4.42 Å². The number of aryl methyl sites for hydroxylation is 1. The van der Waals surface area contributed by atoms with Gasteiger partial charge in [-0.3, -0.25) is 0 Å². The fraction of sp³-hybridized carbons (Fsp3) is 0.273. The molecule has 4 rings (SSSR count). The van der Waals surface area contributed by atoms with Crippen LogP contribution in [0.15, 0.2) is 53.0 Å². The van der Waals surface area contributed by atoms with E-state index in [0.717, 1.165) is 24.2 Å². The Balaban J connectivity index is 1.79. The molecule has 1 unspecified atom stereocenters. The fourth-order valence-electron chi connectivity index (χ4n) is 3.60. The van der Waals surface area contributed by atoms with Gasteiger partial charge in [-0.15, -0.1) is 0 Å². The summed E-state index contributed by atoms with van der Waals surface area (Å²) in [5.41, 5.74) is 6.33. The van der Waals surface area contributed by atoms with E-state index >= 15 is 0 Å². The quantitative estimate of drug-likeness (QED) is 0.533. The second-order valence-electron chi connectivity index (χ2n) is 6.58. The average molecular weight is 302 g/mol. The maximum atomic E-state index is 6.02. The highest BCUT2D eigenvalue weighted by molar-refractivity contribution is 5.90. The Hall–Kier alpha value is -2.28. The Morgan fingerprint density at radius 3 is 2.61 bits per heavy atom. The standard InChI is InChI=1S/C22H22O/c1-3-5-16-8-10-17(11-9-16)18-12-13-20-19(14-18)22-15(2)6-4-7-21(22)23-20/h4,7-15H,3,5-6H2,1-2H3. The molecule has 0 fully saturated rings. The van der Waals surface area contributed by atoms with Gasteiger partial charge in [0.2, 0.25) is 0 Å². The zero-order valence-corrected chi connectivity index (χ0v) is 13.8. The second kappa shape index (κ2) is 5.73. The van der Waals surface area contributed by atoms with Crippen LogP contribution in [0, 0.1) is 0 Å². The number of furan rings is 1. The molecule has 0 radical (unpaired) electrons. The van der Waals surface area contributed by atoms with Crippen molar-refractivity contribution in [2.45, 2.75) is 39.0 Å². The van der Waals surface area contributed by atoms with E-state index in [1.54, 1.807) is 0 Å². The normalized spacial score (nSPS) is 16.7. The van der Waals surface area contributed by atoms with E-state index in [1.807, 2.05) is 0 Å². The van der Waals surface area contributed by atoms with Crippen LogP contribution in [0.1, 0.15) is 49.5 Å². The lowest BCUT2D eigenvalue weighted by Gasteiger charge is -2.12. The largest absolute Gasteiger partial charge is 0.456 e. The van der Waals surface area contributed by atoms with Crippen molar-refractivity contribution in [3.8, 4) is 11.1 Å². The van der Waals surface area contributed by atoms with Gasteiger partial charge in [-0.25, -0.2) is 0 Å². The minimum Gasteiger partial charge on any atom is -0.456 e. The number of rotatable bonds is 3. The Bertz CT molecular complexity index is 865. The summed E-state index contributed by atoms with van der Waals surface area (Å²) in [6.07, 6.45) is 7.77. The molecule has 23 heavy (non-hydrogen) atoms. The Morgan fingerprint density at radius 1 is 1.04 bits per heavy atom. The second-order valence-corrected chi connectivity index (χ2v) is 6.58. The monoisotopic (exact) mass is 302 g/mol. The molecule has 1 aliphatic carbocycles. The van der Waals surface area contributed by atoms with Gasteiger partial charge in [0.05, 0.1) is 0 Å². The van der Waals surface area contributed by atoms with E-state index in [2.05, 4.69) is 68.5 Å². The molecule has 0 spiro atoms. The van der Waals surface area contributed by atoms with Gasteiger partial charge >= 0.3 is 0 Å². The maximum Gasteiger partial charge on any atom is 0.135 e. The van der Waals surface area contributed by atoms with Crippen LogP contribution in [-0.2, 0) is 6.42 Å². The van der Waals surface area contributed by atoms with Crippen LogP contribution < -0.4 is 0 Å². The first kappa shape index (κ1) is 14.3. The molecule has 116 valence electrons. The molecule has 3 aromatic rings. The summed E-state index contributed by atoms with van der Waals surface area (Å²) >= 11 is 0. The summed E-state index contributed by atoms with van der Waals surface area (Å²) in [4.78, 5) is 0. The van der Waals surface area contributed by atoms with Gasteiger partial charge in [0.15, 0.2) is 0 Å². The predicted molar refractivity (Wildman–Crippen MR) is 97.7 cm³/mol. The number of hydrogen-bond donors (Lipinski definition) is 0. The highest BCUT2D eigenvalue weighted by atomic mass is 16.3. The lowest BCUT2D eigenvalue weighted by atomic mass is 9.90. The molecule has 0 aliphatic heterocycles. The number of allylic oxidation sites excluding steroid dienone is 1. The molecule has 0 saturated carbocycles. The van der Waals surface area contributed by atoms with Crippen molar-refractivity contribution in [3.05, 3.63) is 65.4 Å². The molecule has 1 aromatic heterocycles. The van der Waals surface area contributed by atoms with Crippen LogP contribution >= 0.6 is 0 Å². The van der Waals surface area contributed by atoms with Crippen LogP contribution in [0.3, 0.4) is 0 Å². The molecule has 1 heterocycles. The third-order valence-corrected chi connectivity index (χ3v) is 4.83. The lowest BCUT2D eigenvalue weighted by Crippen LogP contribution is -1.96. The van der Waals surface area contributed by atoms with E-state index in [4.69, 9.17) is 4.42 Å². The predicted octanol–water partition coefficient (Wildman–Crippen LogP) is 6.57. The van der Waals surface area contributed by atoms with Crippen molar-refractivity contribution < 1.29 is 4.42 Å². The molecule has 1 nitrogen and oxygen atoms in total. The summed E-state index contributed by atoms with van der Waals surface area (Å²) in [5.74, 6) is 1.56. The zero-order valence-electron chi connectivity index (χ0n) is 13.8. The van der Waals surface area contributed by atoms with E-state index < -0.39 is 0 Å². The van der Waals surface area contributed by atoms with Gasteiger partial charge in [-0.05, 0) is 53.7 Å². The first-order chi connectivity index (χ1) is 11.3. The van der Waals surface area contributed by atoms with Gasteiger partial charge in [0, 0.05) is 10.9 Å². The van der Waals surface area contributed by atoms with E-state index in [9.17, 15) is 0 Å². The van der Waals surface area contributed by atoms with E-state index in [1.165, 1.54) is 34.1 Å². The molecule has 1 atom stereocenters. The van der Waals surface area contributed by atoms with Crippen molar-refractivity contribution in [2.75, 3.05) is 0 Å². The summed E-state index contributed by atoms with van der Waals surface area (Å²) in [6, 6.07) is 15.6. The maximum absolute atomic E-state index is 6.02. The molecule has 0 N–H and O–H groups in total. The molecule has 0 saturated heterocycles. The summed E-state index contributed by atoms with van der Waals surface area (Å²) in [5, 5.41) is 1.27. The first-order valence-electron chi connectivity index (χ1n) is 8.58. The third-order valence-electron chi connectivity index (χ3n) is 4.83. The number of fused-ring (bicyclic) bond motifs is 3. The Morgan fingerprint density at radius 2 is 1.83 bits per heavy atom. The van der Waals surface area contributed by atoms with Gasteiger partial charge in [-0.1, -0.05) is 56.7 Å². The van der Waals surface area contributed by atoms with Crippen molar-refractivity contribution in [1.29, 1.82) is 0 Å². The van der Waals surface area contributed by atoms with E-state index in [-0.39, 0.29) is 0 Å². The highest BCUT2D eigenvalue weighted by Crippen LogP contribution is 2.39. The lowest BCUT2D eigenvalue weighted by molar-refractivity contribution is 0.586. The summed E-state index contributed by atoms with van der Waals surface area (Å²) in [7, 11) is 0. The highest BCUT2D eigenvalue weighted by Gasteiger charge is 2.20. The minimum atomic E-state index is 0.526. The fourth-order valence-corrected chi connectivity index (χ4v) is 3.60. The van der Waals surface area contributed by atoms with Crippen molar-refractivity contribution in [3.63, 3.8) is 0 Å². The average Bonchev–Trinajstić information content (AvgIpc) is 2.95. The molecule has 1 aliphatic rings. The Labute approximate surface area is 137 Å². The third kappa shape index (κ3) is 2.50. The Kier molecular flexibility index (Phi) is 3.57. The van der Waals surface area contributed by atoms with Gasteiger partial charge in [-0.2, -0.15) is 0 Å².